The molecule has 0 unspecified atom stereocenters. The number of carbonyl (C=O) groups is 2. The van der Waals surface area contributed by atoms with Crippen molar-refractivity contribution < 1.29 is 9.59 Å². The Morgan fingerprint density at radius 3 is 2.48 bits per heavy atom. The number of para-hydroxylation sites is 1. The molecule has 1 aromatic heterocycles. The summed E-state index contributed by atoms with van der Waals surface area (Å²) in [5, 5.41) is 3.00. The molecule has 1 aliphatic carbocycles. The second-order valence-corrected chi connectivity index (χ2v) is 6.49. The summed E-state index contributed by atoms with van der Waals surface area (Å²) in [7, 11) is 0. The minimum absolute atomic E-state index is 0.165. The number of amides is 2. The molecule has 130 valence electrons. The lowest BCUT2D eigenvalue weighted by atomic mass is 9.88. The Hall–Kier alpha value is -2.82. The molecule has 1 aromatic carbocycles. The van der Waals surface area contributed by atoms with Gasteiger partial charge in [0.05, 0.1) is 11.5 Å². The molecule has 0 radical (unpaired) electrons. The topological polar surface area (TPSA) is 77.1 Å². The fraction of sp³-hybridized carbons (Fsp3) is 0.300. The second kappa shape index (κ2) is 6.97. The monoisotopic (exact) mass is 337 g/mol. The molecule has 0 saturated carbocycles. The predicted octanol–water partition coefficient (Wildman–Crippen LogP) is 2.64. The van der Waals surface area contributed by atoms with Crippen LogP contribution in [0.15, 0.2) is 48.6 Å². The summed E-state index contributed by atoms with van der Waals surface area (Å²) in [6.45, 7) is 3.91. The third kappa shape index (κ3) is 3.36. The van der Waals surface area contributed by atoms with Crippen LogP contribution in [-0.2, 0) is 4.79 Å². The number of nitrogens with two attached hydrogens (primary N) is 1. The quantitative estimate of drug-likeness (QED) is 0.842. The number of aromatic nitrogens is 1. The van der Waals surface area contributed by atoms with Gasteiger partial charge in [0.2, 0.25) is 5.91 Å². The molecule has 2 atom stereocenters. The van der Waals surface area contributed by atoms with Crippen molar-refractivity contribution in [3.8, 4) is 5.69 Å². The number of allylic oxidation sites excluding steroid dienone is 1. The van der Waals surface area contributed by atoms with Crippen molar-refractivity contribution in [2.75, 3.05) is 0 Å². The molecule has 2 aromatic rings. The van der Waals surface area contributed by atoms with E-state index in [-0.39, 0.29) is 23.8 Å². The summed E-state index contributed by atoms with van der Waals surface area (Å²) in [5.41, 5.74) is 8.99. The van der Waals surface area contributed by atoms with Gasteiger partial charge in [0.25, 0.3) is 5.91 Å². The van der Waals surface area contributed by atoms with Crippen molar-refractivity contribution in [2.24, 2.45) is 11.7 Å². The molecule has 25 heavy (non-hydrogen) atoms. The summed E-state index contributed by atoms with van der Waals surface area (Å²) in [6.07, 6.45) is 5.12. The van der Waals surface area contributed by atoms with Gasteiger partial charge in [-0.3, -0.25) is 9.59 Å². The molecule has 0 fully saturated rings. The first kappa shape index (κ1) is 17.0. The lowest BCUT2D eigenvalue weighted by Gasteiger charge is -2.26. The average molecular weight is 337 g/mol. The summed E-state index contributed by atoms with van der Waals surface area (Å²) >= 11 is 0. The third-order valence-corrected chi connectivity index (χ3v) is 4.80. The number of hydrogen-bond donors (Lipinski definition) is 2. The van der Waals surface area contributed by atoms with E-state index >= 15 is 0 Å². The standard InChI is InChI=1S/C20H23N3O2/c1-13-12-17(14(2)23(13)15-8-4-3-5-9-15)20(25)22-18-11-7-6-10-16(18)19(21)24/h3-9,12,16,18H,10-11H2,1-2H3,(H2,21,24)(H,22,25)/t16-,18-/m1/s1. The molecule has 5 heteroatoms. The molecule has 1 heterocycles. The Kier molecular flexibility index (Phi) is 4.74. The van der Waals surface area contributed by atoms with E-state index < -0.39 is 0 Å². The highest BCUT2D eigenvalue weighted by molar-refractivity contribution is 5.96. The number of rotatable bonds is 4. The number of carbonyl (C=O) groups excluding carboxylic acids is 2. The maximum absolute atomic E-state index is 12.8. The highest BCUT2D eigenvalue weighted by atomic mass is 16.2. The van der Waals surface area contributed by atoms with Crippen LogP contribution in [0, 0.1) is 19.8 Å². The van der Waals surface area contributed by atoms with Crippen molar-refractivity contribution in [3.63, 3.8) is 0 Å². The third-order valence-electron chi connectivity index (χ3n) is 4.80. The van der Waals surface area contributed by atoms with Crippen molar-refractivity contribution in [1.29, 1.82) is 0 Å². The maximum atomic E-state index is 12.8. The first-order chi connectivity index (χ1) is 12.0. The fourth-order valence-corrected chi connectivity index (χ4v) is 3.50. The first-order valence-electron chi connectivity index (χ1n) is 8.48. The molecule has 3 rings (SSSR count). The van der Waals surface area contributed by atoms with Crippen molar-refractivity contribution in [3.05, 3.63) is 65.5 Å². The zero-order valence-electron chi connectivity index (χ0n) is 14.5. The van der Waals surface area contributed by atoms with Gasteiger partial charge in [-0.25, -0.2) is 0 Å². The Morgan fingerprint density at radius 1 is 1.12 bits per heavy atom. The minimum atomic E-state index is -0.371. The largest absolute Gasteiger partial charge is 0.369 e. The minimum Gasteiger partial charge on any atom is -0.369 e. The lowest BCUT2D eigenvalue weighted by molar-refractivity contribution is -0.122. The van der Waals surface area contributed by atoms with Gasteiger partial charge in [0.1, 0.15) is 0 Å². The van der Waals surface area contributed by atoms with Gasteiger partial charge in [-0.15, -0.1) is 0 Å². The van der Waals surface area contributed by atoms with Crippen LogP contribution in [0.2, 0.25) is 0 Å². The van der Waals surface area contributed by atoms with Crippen LogP contribution >= 0.6 is 0 Å². The van der Waals surface area contributed by atoms with E-state index in [9.17, 15) is 9.59 Å². The van der Waals surface area contributed by atoms with Gasteiger partial charge in [-0.2, -0.15) is 0 Å². The van der Waals surface area contributed by atoms with Crippen LogP contribution in [0.25, 0.3) is 5.69 Å². The van der Waals surface area contributed by atoms with E-state index in [1.165, 1.54) is 0 Å². The van der Waals surface area contributed by atoms with Crippen LogP contribution in [0.4, 0.5) is 0 Å². The molecule has 0 bridgehead atoms. The maximum Gasteiger partial charge on any atom is 0.253 e. The van der Waals surface area contributed by atoms with Crippen LogP contribution in [0.3, 0.4) is 0 Å². The molecule has 3 N–H and O–H groups in total. The molecule has 5 nitrogen and oxygen atoms in total. The summed E-state index contributed by atoms with van der Waals surface area (Å²) in [4.78, 5) is 24.4. The summed E-state index contributed by atoms with van der Waals surface area (Å²) in [6, 6.07) is 11.6. The number of aryl methyl sites for hydroxylation is 1. The lowest BCUT2D eigenvalue weighted by Crippen LogP contribution is -2.46. The summed E-state index contributed by atoms with van der Waals surface area (Å²) in [5.74, 6) is -0.891. The normalized spacial score (nSPS) is 19.6. The van der Waals surface area contributed by atoms with E-state index in [0.29, 0.717) is 18.4 Å². The van der Waals surface area contributed by atoms with Gasteiger partial charge >= 0.3 is 0 Å². The number of nitrogens with zero attached hydrogens (tertiary/aromatic N) is 1. The average Bonchev–Trinajstić information content (AvgIpc) is 2.90. The molecular formula is C20H23N3O2. The molecule has 0 saturated heterocycles. The van der Waals surface area contributed by atoms with Gasteiger partial charge in [-0.1, -0.05) is 30.4 Å². The van der Waals surface area contributed by atoms with E-state index in [2.05, 4.69) is 9.88 Å². The highest BCUT2D eigenvalue weighted by Gasteiger charge is 2.29. The molecular weight excluding hydrogens is 314 g/mol. The van der Waals surface area contributed by atoms with Crippen LogP contribution in [0.5, 0.6) is 0 Å². The van der Waals surface area contributed by atoms with E-state index in [0.717, 1.165) is 17.1 Å². The second-order valence-electron chi connectivity index (χ2n) is 6.49. The molecule has 0 spiro atoms. The highest BCUT2D eigenvalue weighted by Crippen LogP contribution is 2.23. The van der Waals surface area contributed by atoms with E-state index in [4.69, 9.17) is 5.73 Å². The number of primary amides is 1. The fourth-order valence-electron chi connectivity index (χ4n) is 3.50. The van der Waals surface area contributed by atoms with Crippen LogP contribution in [-0.4, -0.2) is 22.4 Å². The van der Waals surface area contributed by atoms with Crippen LogP contribution < -0.4 is 11.1 Å². The Labute approximate surface area is 147 Å². The molecule has 2 amide bonds. The first-order valence-corrected chi connectivity index (χ1v) is 8.48. The number of benzene rings is 1. The van der Waals surface area contributed by atoms with Gasteiger partial charge in [-0.05, 0) is 44.9 Å². The van der Waals surface area contributed by atoms with E-state index in [1.807, 2.05) is 62.4 Å². The van der Waals surface area contributed by atoms with E-state index in [1.54, 1.807) is 0 Å². The Bertz CT molecular complexity index is 821. The van der Waals surface area contributed by atoms with Crippen molar-refractivity contribution in [1.82, 2.24) is 9.88 Å². The Balaban J connectivity index is 1.86. The smallest absolute Gasteiger partial charge is 0.253 e. The summed E-state index contributed by atoms with van der Waals surface area (Å²) < 4.78 is 2.06. The van der Waals surface area contributed by atoms with Crippen molar-refractivity contribution in [2.45, 2.75) is 32.7 Å². The van der Waals surface area contributed by atoms with Gasteiger partial charge in [0, 0.05) is 23.1 Å². The molecule has 1 aliphatic rings. The SMILES string of the molecule is Cc1cc(C(=O)N[C@@H]2CC=CC[C@H]2C(N)=O)c(C)n1-c1ccccc1. The van der Waals surface area contributed by atoms with Gasteiger partial charge in [0.15, 0.2) is 0 Å². The number of nitrogens with one attached hydrogen (secondary N) is 1. The molecule has 0 aliphatic heterocycles. The zero-order chi connectivity index (χ0) is 18.0. The van der Waals surface area contributed by atoms with Crippen molar-refractivity contribution >= 4 is 11.8 Å². The predicted molar refractivity (Wildman–Crippen MR) is 97.6 cm³/mol. The number of hydrogen-bond acceptors (Lipinski definition) is 2. The zero-order valence-corrected chi connectivity index (χ0v) is 14.5. The van der Waals surface area contributed by atoms with Crippen LogP contribution in [0.1, 0.15) is 34.6 Å². The Morgan fingerprint density at radius 2 is 1.80 bits per heavy atom. The van der Waals surface area contributed by atoms with Gasteiger partial charge < -0.3 is 15.6 Å².